The molecular formula is C15H22N4O. The molecule has 0 atom stereocenters. The third kappa shape index (κ3) is 3.05. The third-order valence-electron chi connectivity index (χ3n) is 3.89. The van der Waals surface area contributed by atoms with Crippen LogP contribution in [0.4, 0.5) is 0 Å². The highest BCUT2D eigenvalue weighted by molar-refractivity contribution is 5.60. The summed E-state index contributed by atoms with van der Waals surface area (Å²) >= 11 is 0. The van der Waals surface area contributed by atoms with Crippen molar-refractivity contribution in [3.05, 3.63) is 36.0 Å². The van der Waals surface area contributed by atoms with Crippen molar-refractivity contribution >= 4 is 0 Å². The zero-order valence-electron chi connectivity index (χ0n) is 12.4. The minimum Gasteiger partial charge on any atom is -0.389 e. The number of nitrogens with one attached hydrogen (secondary N) is 2. The Morgan fingerprint density at radius 3 is 2.35 bits per heavy atom. The zero-order chi connectivity index (χ0) is 14.8. The SMILES string of the molecule is CC(C)(O)C(C)(C)NCc1n[nH]nc1-c1ccccc1. The maximum atomic E-state index is 10.2. The van der Waals surface area contributed by atoms with E-state index < -0.39 is 11.1 Å². The highest BCUT2D eigenvalue weighted by Crippen LogP contribution is 2.23. The number of hydrogen-bond acceptors (Lipinski definition) is 4. The van der Waals surface area contributed by atoms with Gasteiger partial charge in [0, 0.05) is 17.6 Å². The maximum Gasteiger partial charge on any atom is 0.117 e. The van der Waals surface area contributed by atoms with E-state index >= 15 is 0 Å². The van der Waals surface area contributed by atoms with E-state index in [9.17, 15) is 5.11 Å². The second-order valence-electron chi connectivity index (χ2n) is 6.02. The molecule has 3 N–H and O–H groups in total. The van der Waals surface area contributed by atoms with Crippen molar-refractivity contribution < 1.29 is 5.11 Å². The summed E-state index contributed by atoms with van der Waals surface area (Å²) in [7, 11) is 0. The summed E-state index contributed by atoms with van der Waals surface area (Å²) in [5.74, 6) is 0. The number of aliphatic hydroxyl groups is 1. The van der Waals surface area contributed by atoms with Crippen molar-refractivity contribution in [3.8, 4) is 11.3 Å². The number of rotatable bonds is 5. The first-order valence-corrected chi connectivity index (χ1v) is 6.74. The molecule has 20 heavy (non-hydrogen) atoms. The Kier molecular flexibility index (Phi) is 3.92. The lowest BCUT2D eigenvalue weighted by atomic mass is 9.86. The van der Waals surface area contributed by atoms with Gasteiger partial charge in [0.25, 0.3) is 0 Å². The molecule has 2 aromatic rings. The molecule has 0 aliphatic rings. The van der Waals surface area contributed by atoms with Gasteiger partial charge in [-0.2, -0.15) is 15.4 Å². The molecule has 0 fully saturated rings. The Bertz CT molecular complexity index is 555. The van der Waals surface area contributed by atoms with Crippen LogP contribution in [0, 0.1) is 0 Å². The second kappa shape index (κ2) is 5.34. The monoisotopic (exact) mass is 274 g/mol. The highest BCUT2D eigenvalue weighted by atomic mass is 16.3. The first-order valence-electron chi connectivity index (χ1n) is 6.74. The van der Waals surface area contributed by atoms with Gasteiger partial charge < -0.3 is 10.4 Å². The molecule has 1 heterocycles. The van der Waals surface area contributed by atoms with E-state index in [-0.39, 0.29) is 0 Å². The van der Waals surface area contributed by atoms with Gasteiger partial charge in [0.1, 0.15) is 11.4 Å². The van der Waals surface area contributed by atoms with E-state index in [2.05, 4.69) is 20.7 Å². The van der Waals surface area contributed by atoms with Crippen molar-refractivity contribution in [3.63, 3.8) is 0 Å². The standard InChI is InChI=1S/C15H22N4O/c1-14(2,15(3,4)20)16-10-12-13(18-19-17-12)11-8-6-5-7-9-11/h5-9,16,20H,10H2,1-4H3,(H,17,18,19). The molecular weight excluding hydrogens is 252 g/mol. The zero-order valence-corrected chi connectivity index (χ0v) is 12.4. The second-order valence-corrected chi connectivity index (χ2v) is 6.02. The van der Waals surface area contributed by atoms with Gasteiger partial charge in [0.05, 0.1) is 5.60 Å². The topological polar surface area (TPSA) is 73.8 Å². The fraction of sp³-hybridized carbons (Fsp3) is 0.467. The molecule has 0 aliphatic heterocycles. The summed E-state index contributed by atoms with van der Waals surface area (Å²) in [6.07, 6.45) is 0. The van der Waals surface area contributed by atoms with Crippen LogP contribution in [0.15, 0.2) is 30.3 Å². The molecule has 108 valence electrons. The van der Waals surface area contributed by atoms with Gasteiger partial charge in [-0.05, 0) is 27.7 Å². The Balaban J connectivity index is 2.15. The first-order chi connectivity index (χ1) is 9.31. The van der Waals surface area contributed by atoms with Gasteiger partial charge in [0.2, 0.25) is 0 Å². The van der Waals surface area contributed by atoms with E-state index in [0.717, 1.165) is 17.0 Å². The molecule has 0 radical (unpaired) electrons. The van der Waals surface area contributed by atoms with Gasteiger partial charge in [0.15, 0.2) is 0 Å². The van der Waals surface area contributed by atoms with Gasteiger partial charge in [-0.15, -0.1) is 0 Å². The van der Waals surface area contributed by atoms with Gasteiger partial charge >= 0.3 is 0 Å². The van der Waals surface area contributed by atoms with Crippen molar-refractivity contribution in [1.29, 1.82) is 0 Å². The average molecular weight is 274 g/mol. The molecule has 5 heteroatoms. The minimum atomic E-state index is -0.830. The average Bonchev–Trinajstić information content (AvgIpc) is 2.84. The fourth-order valence-electron chi connectivity index (χ4n) is 1.72. The van der Waals surface area contributed by atoms with Gasteiger partial charge in [-0.3, -0.25) is 0 Å². The molecule has 0 saturated heterocycles. The van der Waals surface area contributed by atoms with Crippen LogP contribution in [0.25, 0.3) is 11.3 Å². The number of benzene rings is 1. The lowest BCUT2D eigenvalue weighted by Gasteiger charge is -2.38. The van der Waals surface area contributed by atoms with E-state index in [1.165, 1.54) is 0 Å². The molecule has 0 spiro atoms. The van der Waals surface area contributed by atoms with E-state index in [4.69, 9.17) is 0 Å². The molecule has 0 aliphatic carbocycles. The summed E-state index contributed by atoms with van der Waals surface area (Å²) in [5, 5.41) is 24.6. The summed E-state index contributed by atoms with van der Waals surface area (Å²) in [6.45, 7) is 8.06. The fourth-order valence-corrected chi connectivity index (χ4v) is 1.72. The Morgan fingerprint density at radius 1 is 1.10 bits per heavy atom. The Labute approximate surface area is 119 Å². The predicted octanol–water partition coefficient (Wildman–Crippen LogP) is 2.11. The van der Waals surface area contributed by atoms with E-state index in [1.54, 1.807) is 13.8 Å². The number of aromatic amines is 1. The molecule has 2 rings (SSSR count). The molecule has 0 bridgehead atoms. The van der Waals surface area contributed by atoms with E-state index in [1.807, 2.05) is 44.2 Å². The summed E-state index contributed by atoms with van der Waals surface area (Å²) in [4.78, 5) is 0. The van der Waals surface area contributed by atoms with Gasteiger partial charge in [-0.25, -0.2) is 0 Å². The van der Waals surface area contributed by atoms with Crippen LogP contribution in [0.2, 0.25) is 0 Å². The Morgan fingerprint density at radius 2 is 1.75 bits per heavy atom. The third-order valence-corrected chi connectivity index (χ3v) is 3.89. The van der Waals surface area contributed by atoms with Crippen LogP contribution < -0.4 is 5.32 Å². The minimum absolute atomic E-state index is 0.431. The maximum absolute atomic E-state index is 10.2. The van der Waals surface area contributed by atoms with E-state index in [0.29, 0.717) is 6.54 Å². The van der Waals surface area contributed by atoms with Crippen molar-refractivity contribution in [2.75, 3.05) is 0 Å². The van der Waals surface area contributed by atoms with Crippen molar-refractivity contribution in [2.45, 2.75) is 45.4 Å². The highest BCUT2D eigenvalue weighted by Gasteiger charge is 2.34. The molecule has 1 aromatic heterocycles. The van der Waals surface area contributed by atoms with Crippen LogP contribution in [0.3, 0.4) is 0 Å². The van der Waals surface area contributed by atoms with Crippen molar-refractivity contribution in [2.24, 2.45) is 0 Å². The smallest absolute Gasteiger partial charge is 0.117 e. The normalized spacial score (nSPS) is 12.7. The lowest BCUT2D eigenvalue weighted by molar-refractivity contribution is -0.00544. The number of H-pyrrole nitrogens is 1. The van der Waals surface area contributed by atoms with Crippen LogP contribution in [0.1, 0.15) is 33.4 Å². The lowest BCUT2D eigenvalue weighted by Crippen LogP contribution is -2.55. The quantitative estimate of drug-likeness (QED) is 0.780. The largest absolute Gasteiger partial charge is 0.389 e. The van der Waals surface area contributed by atoms with Crippen LogP contribution in [-0.4, -0.2) is 31.7 Å². The molecule has 1 aromatic carbocycles. The van der Waals surface area contributed by atoms with Crippen LogP contribution in [0.5, 0.6) is 0 Å². The number of hydrogen-bond donors (Lipinski definition) is 3. The molecule has 0 saturated carbocycles. The van der Waals surface area contributed by atoms with Crippen molar-refractivity contribution in [1.82, 2.24) is 20.7 Å². The summed E-state index contributed by atoms with van der Waals surface area (Å²) in [6, 6.07) is 9.92. The predicted molar refractivity (Wildman–Crippen MR) is 79.0 cm³/mol. The summed E-state index contributed by atoms with van der Waals surface area (Å²) in [5.41, 5.74) is 1.45. The molecule has 0 amide bonds. The van der Waals surface area contributed by atoms with Crippen LogP contribution in [-0.2, 0) is 6.54 Å². The van der Waals surface area contributed by atoms with Gasteiger partial charge in [-0.1, -0.05) is 30.3 Å². The Hall–Kier alpha value is -1.72. The number of nitrogens with zero attached hydrogens (tertiary/aromatic N) is 2. The summed E-state index contributed by atoms with van der Waals surface area (Å²) < 4.78 is 0. The first kappa shape index (κ1) is 14.7. The molecule has 5 nitrogen and oxygen atoms in total. The number of aromatic nitrogens is 3. The van der Waals surface area contributed by atoms with Crippen LogP contribution >= 0.6 is 0 Å². The molecule has 0 unspecified atom stereocenters.